The van der Waals surface area contributed by atoms with Crippen molar-refractivity contribution in [1.29, 1.82) is 0 Å². The van der Waals surface area contributed by atoms with Gasteiger partial charge in [0.25, 0.3) is 0 Å². The maximum Gasteiger partial charge on any atom is 0.160 e. The maximum atomic E-state index is 13.1. The molecule has 1 aliphatic carbocycles. The molecule has 1 aromatic carbocycles. The highest BCUT2D eigenvalue weighted by Gasteiger charge is 2.44. The van der Waals surface area contributed by atoms with Crippen molar-refractivity contribution in [2.45, 2.75) is 18.3 Å². The van der Waals surface area contributed by atoms with E-state index in [0.717, 1.165) is 30.7 Å². The Balaban J connectivity index is 1.95. The van der Waals surface area contributed by atoms with Gasteiger partial charge < -0.3 is 5.73 Å². The van der Waals surface area contributed by atoms with E-state index >= 15 is 0 Å². The fourth-order valence-corrected chi connectivity index (χ4v) is 2.09. The van der Waals surface area contributed by atoms with Gasteiger partial charge in [-0.25, -0.2) is 13.5 Å². The third-order valence-electron chi connectivity index (χ3n) is 3.54. The Labute approximate surface area is 103 Å². The molecule has 1 aromatic heterocycles. The number of benzene rings is 1. The molecule has 1 fully saturated rings. The summed E-state index contributed by atoms with van der Waals surface area (Å²) >= 11 is 0. The summed E-state index contributed by atoms with van der Waals surface area (Å²) in [7, 11) is 0. The van der Waals surface area contributed by atoms with Gasteiger partial charge in [0.1, 0.15) is 0 Å². The van der Waals surface area contributed by atoms with E-state index in [1.54, 1.807) is 10.9 Å². The van der Waals surface area contributed by atoms with E-state index in [0.29, 0.717) is 12.2 Å². The highest BCUT2D eigenvalue weighted by atomic mass is 19.2. The van der Waals surface area contributed by atoms with Gasteiger partial charge in [0.15, 0.2) is 11.6 Å². The predicted molar refractivity (Wildman–Crippen MR) is 63.4 cm³/mol. The Hall–Kier alpha value is -1.75. The standard InChI is InChI=1S/C13H13F2N3/c14-10-2-1-9(7-11(10)15)18-6-3-12(17-18)13(8-16)4-5-13/h1-3,6-7H,4-5,8,16H2. The lowest BCUT2D eigenvalue weighted by Crippen LogP contribution is -2.20. The highest BCUT2D eigenvalue weighted by molar-refractivity contribution is 5.34. The van der Waals surface area contributed by atoms with Gasteiger partial charge in [0, 0.05) is 24.2 Å². The molecule has 0 spiro atoms. The second-order valence-electron chi connectivity index (χ2n) is 4.73. The molecule has 0 unspecified atom stereocenters. The topological polar surface area (TPSA) is 43.8 Å². The van der Waals surface area contributed by atoms with Crippen LogP contribution in [0, 0.1) is 11.6 Å². The van der Waals surface area contributed by atoms with E-state index < -0.39 is 11.6 Å². The first-order valence-corrected chi connectivity index (χ1v) is 5.86. The number of rotatable bonds is 3. The first-order chi connectivity index (χ1) is 8.64. The predicted octanol–water partition coefficient (Wildman–Crippen LogP) is 2.14. The summed E-state index contributed by atoms with van der Waals surface area (Å²) in [6.45, 7) is 0.571. The van der Waals surface area contributed by atoms with Gasteiger partial charge in [-0.3, -0.25) is 0 Å². The smallest absolute Gasteiger partial charge is 0.160 e. The van der Waals surface area contributed by atoms with E-state index in [2.05, 4.69) is 5.10 Å². The van der Waals surface area contributed by atoms with Gasteiger partial charge in [0.05, 0.1) is 11.4 Å². The molecule has 0 amide bonds. The molecule has 18 heavy (non-hydrogen) atoms. The van der Waals surface area contributed by atoms with Crippen LogP contribution in [0.4, 0.5) is 8.78 Å². The number of nitrogens with two attached hydrogens (primary N) is 1. The first-order valence-electron chi connectivity index (χ1n) is 5.86. The molecule has 2 aromatic rings. The highest BCUT2D eigenvalue weighted by Crippen LogP contribution is 2.46. The average molecular weight is 249 g/mol. The van der Waals surface area contributed by atoms with Crippen LogP contribution in [-0.4, -0.2) is 16.3 Å². The molecule has 0 bridgehead atoms. The van der Waals surface area contributed by atoms with Gasteiger partial charge in [-0.1, -0.05) is 0 Å². The summed E-state index contributed by atoms with van der Waals surface area (Å²) in [6.07, 6.45) is 3.83. The molecule has 3 nitrogen and oxygen atoms in total. The van der Waals surface area contributed by atoms with E-state index in [1.807, 2.05) is 6.07 Å². The van der Waals surface area contributed by atoms with Crippen LogP contribution in [0.15, 0.2) is 30.5 Å². The van der Waals surface area contributed by atoms with Crippen molar-refractivity contribution in [1.82, 2.24) is 9.78 Å². The summed E-state index contributed by atoms with van der Waals surface area (Å²) < 4.78 is 27.5. The van der Waals surface area contributed by atoms with Crippen molar-refractivity contribution in [3.63, 3.8) is 0 Å². The van der Waals surface area contributed by atoms with Crippen LogP contribution in [0.2, 0.25) is 0 Å². The van der Waals surface area contributed by atoms with Crippen LogP contribution in [0.3, 0.4) is 0 Å². The summed E-state index contributed by atoms with van der Waals surface area (Å²) in [5, 5.41) is 4.40. The van der Waals surface area contributed by atoms with Crippen molar-refractivity contribution in [3.05, 3.63) is 47.8 Å². The van der Waals surface area contributed by atoms with E-state index in [-0.39, 0.29) is 5.41 Å². The van der Waals surface area contributed by atoms with Crippen LogP contribution in [0.1, 0.15) is 18.5 Å². The van der Waals surface area contributed by atoms with Gasteiger partial charge >= 0.3 is 0 Å². The lowest BCUT2D eigenvalue weighted by Gasteiger charge is -2.08. The van der Waals surface area contributed by atoms with Crippen LogP contribution >= 0.6 is 0 Å². The van der Waals surface area contributed by atoms with Crippen molar-refractivity contribution in [2.24, 2.45) is 5.73 Å². The molecule has 1 heterocycles. The monoisotopic (exact) mass is 249 g/mol. The lowest BCUT2D eigenvalue weighted by atomic mass is 10.0. The molecule has 5 heteroatoms. The Morgan fingerprint density at radius 2 is 2.00 bits per heavy atom. The number of aromatic nitrogens is 2. The Kier molecular flexibility index (Phi) is 2.45. The Morgan fingerprint density at radius 1 is 1.22 bits per heavy atom. The van der Waals surface area contributed by atoms with Crippen molar-refractivity contribution in [2.75, 3.05) is 6.54 Å². The lowest BCUT2D eigenvalue weighted by molar-refractivity contribution is 0.507. The Bertz CT molecular complexity index is 588. The molecule has 2 N–H and O–H groups in total. The first kappa shape index (κ1) is 11.3. The third kappa shape index (κ3) is 1.71. The number of nitrogens with zero attached hydrogens (tertiary/aromatic N) is 2. The van der Waals surface area contributed by atoms with Gasteiger partial charge in [-0.2, -0.15) is 5.10 Å². The summed E-state index contributed by atoms with van der Waals surface area (Å²) in [5.74, 6) is -1.73. The average Bonchev–Trinajstić information content (AvgIpc) is 3.02. The molecular formula is C13H13F2N3. The van der Waals surface area contributed by atoms with Crippen LogP contribution in [0.25, 0.3) is 5.69 Å². The van der Waals surface area contributed by atoms with Crippen molar-refractivity contribution in [3.8, 4) is 5.69 Å². The van der Waals surface area contributed by atoms with E-state index in [1.165, 1.54) is 6.07 Å². The van der Waals surface area contributed by atoms with Gasteiger partial charge in [-0.15, -0.1) is 0 Å². The molecule has 3 rings (SSSR count). The summed E-state index contributed by atoms with van der Waals surface area (Å²) in [5.41, 5.74) is 7.17. The quantitative estimate of drug-likeness (QED) is 0.905. The summed E-state index contributed by atoms with van der Waals surface area (Å²) in [6, 6.07) is 5.62. The minimum Gasteiger partial charge on any atom is -0.330 e. The van der Waals surface area contributed by atoms with Crippen LogP contribution < -0.4 is 5.73 Å². The van der Waals surface area contributed by atoms with Crippen molar-refractivity contribution < 1.29 is 8.78 Å². The minimum absolute atomic E-state index is 0.00379. The molecule has 1 saturated carbocycles. The van der Waals surface area contributed by atoms with E-state index in [4.69, 9.17) is 5.73 Å². The normalized spacial score (nSPS) is 16.8. The molecule has 1 aliphatic rings. The number of halogens is 2. The molecule has 0 atom stereocenters. The van der Waals surface area contributed by atoms with E-state index in [9.17, 15) is 8.78 Å². The second-order valence-corrected chi connectivity index (χ2v) is 4.73. The van der Waals surface area contributed by atoms with Crippen molar-refractivity contribution >= 4 is 0 Å². The largest absolute Gasteiger partial charge is 0.330 e. The fraction of sp³-hybridized carbons (Fsp3) is 0.308. The fourth-order valence-electron chi connectivity index (χ4n) is 2.09. The molecule has 0 radical (unpaired) electrons. The Morgan fingerprint density at radius 3 is 2.61 bits per heavy atom. The SMILES string of the molecule is NCC1(c2ccn(-c3ccc(F)c(F)c3)n2)CC1. The zero-order valence-electron chi connectivity index (χ0n) is 9.74. The minimum atomic E-state index is -0.871. The number of hydrogen-bond acceptors (Lipinski definition) is 2. The maximum absolute atomic E-state index is 13.1. The van der Waals surface area contributed by atoms with Crippen LogP contribution in [-0.2, 0) is 5.41 Å². The summed E-state index contributed by atoms with van der Waals surface area (Å²) in [4.78, 5) is 0. The van der Waals surface area contributed by atoms with Gasteiger partial charge in [0.2, 0.25) is 0 Å². The third-order valence-corrected chi connectivity index (χ3v) is 3.54. The zero-order chi connectivity index (χ0) is 12.8. The molecular weight excluding hydrogens is 236 g/mol. The van der Waals surface area contributed by atoms with Crippen LogP contribution in [0.5, 0.6) is 0 Å². The molecule has 0 aliphatic heterocycles. The zero-order valence-corrected chi connectivity index (χ0v) is 9.74. The second kappa shape index (κ2) is 3.88. The molecule has 0 saturated heterocycles. The number of hydrogen-bond donors (Lipinski definition) is 1. The molecule has 94 valence electrons. The van der Waals surface area contributed by atoms with Gasteiger partial charge in [-0.05, 0) is 31.0 Å².